The van der Waals surface area contributed by atoms with Gasteiger partial charge in [0.15, 0.2) is 0 Å². The highest BCUT2D eigenvalue weighted by atomic mass is 32.2. The second kappa shape index (κ2) is 9.70. The van der Waals surface area contributed by atoms with Crippen molar-refractivity contribution in [3.8, 4) is 17.0 Å². The van der Waals surface area contributed by atoms with Crippen LogP contribution >= 0.6 is 0 Å². The summed E-state index contributed by atoms with van der Waals surface area (Å²) in [5.74, 6) is 0.227. The van der Waals surface area contributed by atoms with Crippen LogP contribution in [0.1, 0.15) is 38.8 Å². The number of aromatic nitrogens is 1. The van der Waals surface area contributed by atoms with Gasteiger partial charge in [0.25, 0.3) is 10.0 Å². The number of anilines is 1. The Kier molecular flexibility index (Phi) is 6.82. The lowest BCUT2D eigenvalue weighted by Crippen LogP contribution is -2.14. The van der Waals surface area contributed by atoms with Crippen molar-refractivity contribution in [2.24, 2.45) is 0 Å². The van der Waals surface area contributed by atoms with Crippen LogP contribution in [0.3, 0.4) is 0 Å². The highest BCUT2D eigenvalue weighted by Crippen LogP contribution is 2.39. The molecule has 0 bridgehead atoms. The number of H-pyrrole nitrogens is 1. The third kappa shape index (κ3) is 5.39. The van der Waals surface area contributed by atoms with Crippen LogP contribution in [0.4, 0.5) is 10.5 Å². The third-order valence-corrected chi connectivity index (χ3v) is 7.23. The monoisotopic (exact) mass is 506 g/mol. The highest BCUT2D eigenvalue weighted by molar-refractivity contribution is 7.92. The summed E-state index contributed by atoms with van der Waals surface area (Å²) in [6, 6.07) is 19.8. The molecule has 0 amide bonds. The lowest BCUT2D eigenvalue weighted by atomic mass is 9.87. The van der Waals surface area contributed by atoms with Crippen molar-refractivity contribution in [1.29, 1.82) is 0 Å². The summed E-state index contributed by atoms with van der Waals surface area (Å²) in [5.41, 5.74) is 4.56. The Labute approximate surface area is 211 Å². The molecule has 3 aromatic carbocycles. The number of aryl methyl sites for hydroxylation is 1. The van der Waals surface area contributed by atoms with E-state index < -0.39 is 16.2 Å². The standard InChI is InChI=1S/C28H30N2O5S/c1-6-34-27(31)35-26-25(19-9-7-18(2)8-10-19)23-17-21(13-16-24(23)29-26)30-36(32,33)22-14-11-20(12-15-22)28(3,4)5/h7-17,29-30H,6H2,1-5H3. The quantitative estimate of drug-likeness (QED) is 0.281. The van der Waals surface area contributed by atoms with Crippen molar-refractivity contribution >= 4 is 32.8 Å². The Morgan fingerprint density at radius 1 is 0.972 bits per heavy atom. The smallest absolute Gasteiger partial charge is 0.434 e. The summed E-state index contributed by atoms with van der Waals surface area (Å²) >= 11 is 0. The molecule has 0 radical (unpaired) electrons. The first kappa shape index (κ1) is 25.3. The van der Waals surface area contributed by atoms with Gasteiger partial charge in [0, 0.05) is 16.6 Å². The summed E-state index contributed by atoms with van der Waals surface area (Å²) in [4.78, 5) is 15.4. The van der Waals surface area contributed by atoms with Crippen molar-refractivity contribution < 1.29 is 22.7 Å². The van der Waals surface area contributed by atoms with Crippen LogP contribution < -0.4 is 9.46 Å². The van der Waals surface area contributed by atoms with Gasteiger partial charge in [-0.25, -0.2) is 13.2 Å². The second-order valence-corrected chi connectivity index (χ2v) is 11.3. The van der Waals surface area contributed by atoms with Gasteiger partial charge in [0.1, 0.15) is 0 Å². The maximum Gasteiger partial charge on any atom is 0.515 e. The van der Waals surface area contributed by atoms with Gasteiger partial charge in [-0.05, 0) is 60.7 Å². The molecule has 8 heteroatoms. The van der Waals surface area contributed by atoms with Crippen molar-refractivity contribution in [2.45, 2.75) is 44.9 Å². The molecule has 0 aliphatic rings. The van der Waals surface area contributed by atoms with Crippen LogP contribution in [0.15, 0.2) is 71.6 Å². The lowest BCUT2D eigenvalue weighted by molar-refractivity contribution is 0.103. The van der Waals surface area contributed by atoms with Gasteiger partial charge in [-0.3, -0.25) is 4.72 Å². The number of aromatic amines is 1. The Hall–Kier alpha value is -3.78. The zero-order valence-electron chi connectivity index (χ0n) is 21.0. The molecule has 1 heterocycles. The molecule has 4 rings (SSSR count). The number of carbonyl (C=O) groups is 1. The first-order valence-corrected chi connectivity index (χ1v) is 13.2. The number of benzene rings is 3. The van der Waals surface area contributed by atoms with Crippen LogP contribution in [0.5, 0.6) is 5.88 Å². The zero-order valence-corrected chi connectivity index (χ0v) is 21.8. The minimum absolute atomic E-state index is 0.0786. The highest BCUT2D eigenvalue weighted by Gasteiger charge is 2.21. The molecule has 36 heavy (non-hydrogen) atoms. The molecular formula is C28H30N2O5S. The van der Waals surface area contributed by atoms with E-state index in [4.69, 9.17) is 9.47 Å². The van der Waals surface area contributed by atoms with E-state index >= 15 is 0 Å². The molecule has 0 atom stereocenters. The Morgan fingerprint density at radius 2 is 1.64 bits per heavy atom. The zero-order chi connectivity index (χ0) is 26.1. The predicted molar refractivity (Wildman–Crippen MR) is 142 cm³/mol. The second-order valence-electron chi connectivity index (χ2n) is 9.62. The molecule has 0 aliphatic carbocycles. The van der Waals surface area contributed by atoms with Gasteiger partial charge >= 0.3 is 6.16 Å². The molecule has 7 nitrogen and oxygen atoms in total. The molecule has 0 spiro atoms. The first-order valence-electron chi connectivity index (χ1n) is 11.7. The van der Waals surface area contributed by atoms with E-state index in [-0.39, 0.29) is 22.8 Å². The molecule has 1 aromatic heterocycles. The molecule has 0 saturated heterocycles. The summed E-state index contributed by atoms with van der Waals surface area (Å²) in [7, 11) is -3.81. The van der Waals surface area contributed by atoms with E-state index in [2.05, 4.69) is 30.5 Å². The lowest BCUT2D eigenvalue weighted by Gasteiger charge is -2.19. The molecule has 0 fully saturated rings. The minimum Gasteiger partial charge on any atom is -0.434 e. The van der Waals surface area contributed by atoms with Crippen molar-refractivity contribution in [1.82, 2.24) is 4.98 Å². The topological polar surface area (TPSA) is 97.5 Å². The number of fused-ring (bicyclic) bond motifs is 1. The number of ether oxygens (including phenoxy) is 2. The molecule has 0 saturated carbocycles. The fourth-order valence-electron chi connectivity index (χ4n) is 3.89. The van der Waals surface area contributed by atoms with E-state index in [9.17, 15) is 13.2 Å². The summed E-state index contributed by atoms with van der Waals surface area (Å²) in [6.45, 7) is 10.1. The Bertz CT molecular complexity index is 1500. The van der Waals surface area contributed by atoms with Gasteiger partial charge in [-0.2, -0.15) is 0 Å². The number of hydrogen-bond acceptors (Lipinski definition) is 5. The average molecular weight is 507 g/mol. The number of hydrogen-bond donors (Lipinski definition) is 2. The van der Waals surface area contributed by atoms with Crippen LogP contribution in [0.25, 0.3) is 22.0 Å². The summed E-state index contributed by atoms with van der Waals surface area (Å²) in [6.07, 6.45) is -0.822. The predicted octanol–water partition coefficient (Wildman–Crippen LogP) is 6.78. The van der Waals surface area contributed by atoms with Crippen molar-refractivity contribution in [2.75, 3.05) is 11.3 Å². The molecule has 4 aromatic rings. The van der Waals surface area contributed by atoms with Gasteiger partial charge in [0.2, 0.25) is 5.88 Å². The van der Waals surface area contributed by atoms with E-state index in [1.165, 1.54) is 0 Å². The van der Waals surface area contributed by atoms with E-state index in [1.54, 1.807) is 37.3 Å². The third-order valence-electron chi connectivity index (χ3n) is 5.83. The van der Waals surface area contributed by atoms with Crippen LogP contribution in [0, 0.1) is 6.92 Å². The molecule has 0 aliphatic heterocycles. The van der Waals surface area contributed by atoms with Crippen LogP contribution in [-0.2, 0) is 20.2 Å². The SMILES string of the molecule is CCOC(=O)Oc1[nH]c2ccc(NS(=O)(=O)c3ccc(C(C)(C)C)cc3)cc2c1-c1ccc(C)cc1. The molecule has 188 valence electrons. The number of sulfonamides is 1. The fraction of sp³-hybridized carbons (Fsp3) is 0.250. The van der Waals surface area contributed by atoms with Gasteiger partial charge in [-0.1, -0.05) is 62.7 Å². The summed E-state index contributed by atoms with van der Waals surface area (Å²) in [5, 5.41) is 0.696. The van der Waals surface area contributed by atoms with E-state index in [1.807, 2.05) is 43.3 Å². The maximum atomic E-state index is 13.1. The first-order chi connectivity index (χ1) is 17.0. The number of rotatable bonds is 6. The van der Waals surface area contributed by atoms with Gasteiger partial charge < -0.3 is 14.5 Å². The number of carbonyl (C=O) groups excluding carboxylic acids is 1. The fourth-order valence-corrected chi connectivity index (χ4v) is 4.94. The van der Waals surface area contributed by atoms with Crippen LogP contribution in [-0.4, -0.2) is 26.2 Å². The maximum absolute atomic E-state index is 13.1. The summed E-state index contributed by atoms with van der Waals surface area (Å²) < 4.78 is 39.3. The largest absolute Gasteiger partial charge is 0.515 e. The minimum atomic E-state index is -3.81. The normalized spacial score (nSPS) is 11.9. The van der Waals surface area contributed by atoms with Gasteiger partial charge in [-0.15, -0.1) is 0 Å². The molecule has 0 unspecified atom stereocenters. The van der Waals surface area contributed by atoms with E-state index in [0.717, 1.165) is 16.7 Å². The van der Waals surface area contributed by atoms with Gasteiger partial charge in [0.05, 0.1) is 17.1 Å². The average Bonchev–Trinajstić information content (AvgIpc) is 3.16. The van der Waals surface area contributed by atoms with Crippen molar-refractivity contribution in [3.63, 3.8) is 0 Å². The number of nitrogens with one attached hydrogen (secondary N) is 2. The Balaban J connectivity index is 1.74. The molecule has 2 N–H and O–H groups in total. The Morgan fingerprint density at radius 3 is 2.25 bits per heavy atom. The van der Waals surface area contributed by atoms with Crippen LogP contribution in [0.2, 0.25) is 0 Å². The molecular weight excluding hydrogens is 476 g/mol. The van der Waals surface area contributed by atoms with Crippen molar-refractivity contribution in [3.05, 3.63) is 77.9 Å². The van der Waals surface area contributed by atoms with E-state index in [0.29, 0.717) is 22.2 Å².